The third-order valence-corrected chi connectivity index (χ3v) is 0.525. The molecule has 0 saturated heterocycles. The van der Waals surface area contributed by atoms with E-state index in [0.29, 0.717) is 13.1 Å². The first-order chi connectivity index (χ1) is 3.91. The van der Waals surface area contributed by atoms with Crippen LogP contribution in [-0.2, 0) is 0 Å². The van der Waals surface area contributed by atoms with E-state index < -0.39 is 0 Å². The topological polar surface area (TPSA) is 38.0 Å². The van der Waals surface area contributed by atoms with Gasteiger partial charge < -0.3 is 11.1 Å². The largest absolute Gasteiger partial charge is 0.342 e. The lowest BCUT2D eigenvalue weighted by molar-refractivity contribution is 1.03. The predicted molar refractivity (Wildman–Crippen MR) is 35.0 cm³/mol. The summed E-state index contributed by atoms with van der Waals surface area (Å²) in [7, 11) is 0. The zero-order chi connectivity index (χ0) is 6.24. The van der Waals surface area contributed by atoms with Crippen LogP contribution in [0.4, 0.5) is 0 Å². The van der Waals surface area contributed by atoms with Crippen LogP contribution in [0, 0.1) is 12.0 Å². The van der Waals surface area contributed by atoms with Crippen molar-refractivity contribution in [2.24, 2.45) is 5.73 Å². The molecule has 0 fully saturated rings. The summed E-state index contributed by atoms with van der Waals surface area (Å²) >= 11 is 0. The highest BCUT2D eigenvalue weighted by molar-refractivity contribution is 4.98. The number of hydrogen-bond acceptors (Lipinski definition) is 2. The molecule has 44 valence electrons. The normalized spacial score (nSPS) is 6.62. The predicted octanol–water partition coefficient (Wildman–Crippen LogP) is -0.318. The van der Waals surface area contributed by atoms with Gasteiger partial charge in [-0.05, 0) is 0 Å². The summed E-state index contributed by atoms with van der Waals surface area (Å²) in [5, 5.41) is 2.78. The van der Waals surface area contributed by atoms with Crippen molar-refractivity contribution in [3.8, 4) is 12.0 Å². The first-order valence-corrected chi connectivity index (χ1v) is 2.43. The molecule has 0 amide bonds. The van der Waals surface area contributed by atoms with Gasteiger partial charge in [-0.25, -0.2) is 0 Å². The highest BCUT2D eigenvalue weighted by atomic mass is 14.8. The van der Waals surface area contributed by atoms with Crippen LogP contribution in [0.25, 0.3) is 0 Å². The third-order valence-electron chi connectivity index (χ3n) is 0.525. The van der Waals surface area contributed by atoms with Gasteiger partial charge in [0, 0.05) is 12.6 Å². The quantitative estimate of drug-likeness (QED) is 0.221. The molecule has 0 spiro atoms. The van der Waals surface area contributed by atoms with Gasteiger partial charge in [-0.15, -0.1) is 6.58 Å². The molecular formula is C6H10N2. The maximum atomic E-state index is 5.07. The Morgan fingerprint density at radius 2 is 2.50 bits per heavy atom. The molecule has 0 rings (SSSR count). The molecular weight excluding hydrogens is 100 g/mol. The minimum absolute atomic E-state index is 0.407. The second-order valence-electron chi connectivity index (χ2n) is 1.18. The van der Waals surface area contributed by atoms with Crippen molar-refractivity contribution in [3.63, 3.8) is 0 Å². The summed E-state index contributed by atoms with van der Waals surface area (Å²) in [5.74, 6) is 2.65. The lowest BCUT2D eigenvalue weighted by atomic mass is 10.6. The SMILES string of the molecule is C=CCNC#CCN. The van der Waals surface area contributed by atoms with Crippen LogP contribution in [0.2, 0.25) is 0 Å². The van der Waals surface area contributed by atoms with Gasteiger partial charge in [-0.1, -0.05) is 12.0 Å². The van der Waals surface area contributed by atoms with Gasteiger partial charge in [0.15, 0.2) is 0 Å². The fourth-order valence-corrected chi connectivity index (χ4v) is 0.237. The molecule has 0 aromatic heterocycles. The van der Waals surface area contributed by atoms with E-state index in [0.717, 1.165) is 0 Å². The zero-order valence-electron chi connectivity index (χ0n) is 4.78. The molecule has 0 radical (unpaired) electrons. The van der Waals surface area contributed by atoms with E-state index in [1.54, 1.807) is 6.08 Å². The van der Waals surface area contributed by atoms with Crippen molar-refractivity contribution >= 4 is 0 Å². The smallest absolute Gasteiger partial charge is 0.0569 e. The van der Waals surface area contributed by atoms with E-state index in [4.69, 9.17) is 5.73 Å². The van der Waals surface area contributed by atoms with Crippen molar-refractivity contribution in [2.45, 2.75) is 0 Å². The Balaban J connectivity index is 3.02. The van der Waals surface area contributed by atoms with Crippen LogP contribution in [0.1, 0.15) is 0 Å². The van der Waals surface area contributed by atoms with Gasteiger partial charge in [-0.3, -0.25) is 0 Å². The van der Waals surface area contributed by atoms with E-state index in [-0.39, 0.29) is 0 Å². The monoisotopic (exact) mass is 110 g/mol. The molecule has 0 saturated carbocycles. The Morgan fingerprint density at radius 3 is 3.00 bits per heavy atom. The zero-order valence-corrected chi connectivity index (χ0v) is 4.78. The molecule has 0 unspecified atom stereocenters. The van der Waals surface area contributed by atoms with Crippen LogP contribution >= 0.6 is 0 Å². The molecule has 8 heavy (non-hydrogen) atoms. The molecule has 0 atom stereocenters. The number of nitrogens with one attached hydrogen (secondary N) is 1. The lowest BCUT2D eigenvalue weighted by Gasteiger charge is -1.84. The lowest BCUT2D eigenvalue weighted by Crippen LogP contribution is -2.05. The average Bonchev–Trinajstić information content (AvgIpc) is 1.81. The summed E-state index contributed by atoms with van der Waals surface area (Å²) in [5.41, 5.74) is 5.07. The summed E-state index contributed by atoms with van der Waals surface area (Å²) in [6, 6.07) is 2.64. The van der Waals surface area contributed by atoms with Gasteiger partial charge in [0.2, 0.25) is 0 Å². The molecule has 0 bridgehead atoms. The number of hydrogen-bond donors (Lipinski definition) is 2. The number of nitrogens with two attached hydrogens (primary N) is 1. The Bertz CT molecular complexity index is 107. The molecule has 0 heterocycles. The first kappa shape index (κ1) is 7.06. The molecule has 3 N–H and O–H groups in total. The van der Waals surface area contributed by atoms with Crippen molar-refractivity contribution < 1.29 is 0 Å². The fraction of sp³-hybridized carbons (Fsp3) is 0.333. The van der Waals surface area contributed by atoms with E-state index >= 15 is 0 Å². The van der Waals surface area contributed by atoms with Crippen molar-refractivity contribution in [2.75, 3.05) is 13.1 Å². The highest BCUT2D eigenvalue weighted by Gasteiger charge is 1.64. The van der Waals surface area contributed by atoms with Crippen molar-refractivity contribution in [1.82, 2.24) is 5.32 Å². The van der Waals surface area contributed by atoms with Crippen LogP contribution in [0.5, 0.6) is 0 Å². The third kappa shape index (κ3) is 5.06. The summed E-state index contributed by atoms with van der Waals surface area (Å²) < 4.78 is 0. The van der Waals surface area contributed by atoms with E-state index in [9.17, 15) is 0 Å². The van der Waals surface area contributed by atoms with Gasteiger partial charge >= 0.3 is 0 Å². The molecule has 0 aromatic carbocycles. The molecule has 0 aliphatic heterocycles. The molecule has 2 heteroatoms. The Labute approximate surface area is 49.8 Å². The van der Waals surface area contributed by atoms with E-state index in [1.165, 1.54) is 0 Å². The van der Waals surface area contributed by atoms with Crippen LogP contribution < -0.4 is 11.1 Å². The Hall–Kier alpha value is -0.940. The number of rotatable bonds is 2. The highest BCUT2D eigenvalue weighted by Crippen LogP contribution is 1.54. The minimum Gasteiger partial charge on any atom is -0.342 e. The van der Waals surface area contributed by atoms with Crippen LogP contribution in [0.15, 0.2) is 12.7 Å². The van der Waals surface area contributed by atoms with E-state index in [2.05, 4.69) is 23.9 Å². The van der Waals surface area contributed by atoms with Gasteiger partial charge in [0.1, 0.15) is 0 Å². The second-order valence-corrected chi connectivity index (χ2v) is 1.18. The minimum atomic E-state index is 0.407. The molecule has 0 aliphatic rings. The van der Waals surface area contributed by atoms with Crippen molar-refractivity contribution in [1.29, 1.82) is 0 Å². The second kappa shape index (κ2) is 6.06. The fourth-order valence-electron chi connectivity index (χ4n) is 0.237. The standard InChI is InChI=1S/C6H10N2/c1-2-5-8-6-3-4-7/h2,8H,1,4-5,7H2. The molecule has 0 aliphatic carbocycles. The average molecular weight is 110 g/mol. The van der Waals surface area contributed by atoms with Crippen LogP contribution in [0.3, 0.4) is 0 Å². The molecule has 0 aromatic rings. The summed E-state index contributed by atoms with van der Waals surface area (Å²) in [6.45, 7) is 4.62. The summed E-state index contributed by atoms with van der Waals surface area (Å²) in [4.78, 5) is 0. The van der Waals surface area contributed by atoms with Crippen LogP contribution in [-0.4, -0.2) is 13.1 Å². The Kier molecular flexibility index (Phi) is 5.35. The summed E-state index contributed by atoms with van der Waals surface area (Å²) in [6.07, 6.45) is 1.74. The van der Waals surface area contributed by atoms with Crippen molar-refractivity contribution in [3.05, 3.63) is 12.7 Å². The van der Waals surface area contributed by atoms with Gasteiger partial charge in [0.05, 0.1) is 6.54 Å². The first-order valence-electron chi connectivity index (χ1n) is 2.43. The Morgan fingerprint density at radius 1 is 1.75 bits per heavy atom. The van der Waals surface area contributed by atoms with Gasteiger partial charge in [-0.2, -0.15) is 0 Å². The van der Waals surface area contributed by atoms with E-state index in [1.807, 2.05) is 0 Å². The van der Waals surface area contributed by atoms with Gasteiger partial charge in [0.25, 0.3) is 0 Å². The maximum absolute atomic E-state index is 5.07. The molecule has 2 nitrogen and oxygen atoms in total. The maximum Gasteiger partial charge on any atom is 0.0569 e.